The van der Waals surface area contributed by atoms with Crippen molar-refractivity contribution >= 4 is 0 Å². The predicted octanol–water partition coefficient (Wildman–Crippen LogP) is -2.03. The molecule has 0 aromatic carbocycles. The lowest BCUT2D eigenvalue weighted by Gasteiger charge is -2.38. The Labute approximate surface area is 94.8 Å². The maximum absolute atomic E-state index is 10.0. The fraction of sp³-hybridized carbons (Fsp3) is 1.00. The molecule has 0 saturated carbocycles. The summed E-state index contributed by atoms with van der Waals surface area (Å²) in [5, 5.41) is 56.4. The number of aliphatic hydroxyl groups is 6. The molecule has 0 fully saturated rings. The van der Waals surface area contributed by atoms with Gasteiger partial charge in [-0.3, -0.25) is 0 Å². The van der Waals surface area contributed by atoms with E-state index in [0.29, 0.717) is 6.42 Å². The van der Waals surface area contributed by atoms with E-state index in [4.69, 9.17) is 10.2 Å². The Hall–Kier alpha value is -0.240. The van der Waals surface area contributed by atoms with Crippen LogP contribution in [0.15, 0.2) is 0 Å². The first-order chi connectivity index (χ1) is 7.31. The molecule has 5 atom stereocenters. The van der Waals surface area contributed by atoms with Crippen molar-refractivity contribution in [1.82, 2.24) is 0 Å². The topological polar surface area (TPSA) is 121 Å². The average molecular weight is 238 g/mol. The second kappa shape index (κ2) is 6.48. The van der Waals surface area contributed by atoms with Gasteiger partial charge in [-0.15, -0.1) is 0 Å². The third-order valence-electron chi connectivity index (χ3n) is 2.79. The smallest absolute Gasteiger partial charge is 0.119 e. The second-order valence-corrected chi connectivity index (χ2v) is 4.10. The van der Waals surface area contributed by atoms with Crippen molar-refractivity contribution in [2.24, 2.45) is 0 Å². The first-order valence-corrected chi connectivity index (χ1v) is 5.36. The number of hydrogen-bond acceptors (Lipinski definition) is 6. The van der Waals surface area contributed by atoms with Crippen LogP contribution in [-0.4, -0.2) is 67.3 Å². The molecule has 5 unspecified atom stereocenters. The molecule has 6 heteroatoms. The van der Waals surface area contributed by atoms with Gasteiger partial charge in [0.2, 0.25) is 0 Å². The molecule has 6 nitrogen and oxygen atoms in total. The van der Waals surface area contributed by atoms with E-state index in [9.17, 15) is 20.4 Å². The molecule has 0 bridgehead atoms. The summed E-state index contributed by atoms with van der Waals surface area (Å²) in [6, 6.07) is 0. The summed E-state index contributed by atoms with van der Waals surface area (Å²) in [7, 11) is 0. The molecule has 0 heterocycles. The highest BCUT2D eigenvalue weighted by molar-refractivity contribution is 4.96. The largest absolute Gasteiger partial charge is 0.394 e. The highest BCUT2D eigenvalue weighted by atomic mass is 16.4. The first-order valence-electron chi connectivity index (χ1n) is 5.36. The summed E-state index contributed by atoms with van der Waals surface area (Å²) in [6.45, 7) is 2.30. The van der Waals surface area contributed by atoms with Crippen molar-refractivity contribution < 1.29 is 30.6 Å². The summed E-state index contributed by atoms with van der Waals surface area (Å²) in [5.74, 6) is 0. The van der Waals surface area contributed by atoms with Gasteiger partial charge in [0.15, 0.2) is 0 Å². The number of aliphatic hydroxyl groups excluding tert-OH is 5. The van der Waals surface area contributed by atoms with E-state index in [0.717, 1.165) is 0 Å². The predicted molar refractivity (Wildman–Crippen MR) is 56.6 cm³/mol. The highest BCUT2D eigenvalue weighted by Gasteiger charge is 2.45. The Bertz CT molecular complexity index is 198. The molecule has 0 aromatic rings. The van der Waals surface area contributed by atoms with Gasteiger partial charge in [-0.2, -0.15) is 0 Å². The van der Waals surface area contributed by atoms with Crippen LogP contribution in [0.25, 0.3) is 0 Å². The fourth-order valence-corrected chi connectivity index (χ4v) is 1.62. The fourth-order valence-electron chi connectivity index (χ4n) is 1.62. The van der Waals surface area contributed by atoms with Crippen molar-refractivity contribution in [3.8, 4) is 0 Å². The molecule has 0 saturated heterocycles. The molecular weight excluding hydrogens is 216 g/mol. The normalized spacial score (nSPS) is 23.2. The third-order valence-corrected chi connectivity index (χ3v) is 2.79. The molecule has 0 rings (SSSR count). The van der Waals surface area contributed by atoms with Gasteiger partial charge in [0, 0.05) is 0 Å². The van der Waals surface area contributed by atoms with Crippen LogP contribution >= 0.6 is 0 Å². The average Bonchev–Trinajstić information content (AvgIpc) is 2.25. The van der Waals surface area contributed by atoms with Gasteiger partial charge >= 0.3 is 0 Å². The zero-order chi connectivity index (χ0) is 12.9. The van der Waals surface area contributed by atoms with Crippen molar-refractivity contribution in [1.29, 1.82) is 0 Å². The van der Waals surface area contributed by atoms with Crippen LogP contribution in [0.2, 0.25) is 0 Å². The van der Waals surface area contributed by atoms with Crippen molar-refractivity contribution in [2.45, 2.75) is 56.7 Å². The summed E-state index contributed by atoms with van der Waals surface area (Å²) in [4.78, 5) is 0. The third kappa shape index (κ3) is 3.38. The van der Waals surface area contributed by atoms with Gasteiger partial charge in [0.1, 0.15) is 23.9 Å². The van der Waals surface area contributed by atoms with E-state index < -0.39 is 36.6 Å². The summed E-state index contributed by atoms with van der Waals surface area (Å²) >= 11 is 0. The van der Waals surface area contributed by atoms with Crippen molar-refractivity contribution in [3.05, 3.63) is 0 Å². The Morgan fingerprint density at radius 2 is 1.62 bits per heavy atom. The quantitative estimate of drug-likeness (QED) is 0.304. The van der Waals surface area contributed by atoms with Crippen LogP contribution in [0.3, 0.4) is 0 Å². The lowest BCUT2D eigenvalue weighted by Crippen LogP contribution is -2.58. The van der Waals surface area contributed by atoms with Gasteiger partial charge in [0.25, 0.3) is 0 Å². The monoisotopic (exact) mass is 238 g/mol. The zero-order valence-electron chi connectivity index (χ0n) is 9.61. The van der Waals surface area contributed by atoms with Gasteiger partial charge in [-0.1, -0.05) is 13.3 Å². The Balaban J connectivity index is 4.79. The van der Waals surface area contributed by atoms with Gasteiger partial charge in [-0.05, 0) is 13.3 Å². The standard InChI is InChI=1S/C10H22O6/c1-3-4-10(16,6(2)12)9(15)8(14)7(13)5-11/h6-9,11-16H,3-5H2,1-2H3. The van der Waals surface area contributed by atoms with Crippen LogP contribution < -0.4 is 0 Å². The molecule has 16 heavy (non-hydrogen) atoms. The van der Waals surface area contributed by atoms with Crippen LogP contribution in [0.1, 0.15) is 26.7 Å². The molecule has 0 aliphatic carbocycles. The van der Waals surface area contributed by atoms with E-state index in [2.05, 4.69) is 0 Å². The van der Waals surface area contributed by atoms with E-state index in [1.165, 1.54) is 6.92 Å². The van der Waals surface area contributed by atoms with E-state index in [1.807, 2.05) is 0 Å². The van der Waals surface area contributed by atoms with Crippen molar-refractivity contribution in [2.75, 3.05) is 6.61 Å². The molecule has 6 N–H and O–H groups in total. The summed E-state index contributed by atoms with van der Waals surface area (Å²) in [6.07, 6.45) is -5.70. The molecule has 0 spiro atoms. The van der Waals surface area contributed by atoms with E-state index in [-0.39, 0.29) is 6.42 Å². The van der Waals surface area contributed by atoms with E-state index in [1.54, 1.807) is 6.92 Å². The Kier molecular flexibility index (Phi) is 6.39. The SMILES string of the molecule is CCCC(O)(C(C)O)C(O)C(O)C(O)CO. The van der Waals surface area contributed by atoms with Crippen LogP contribution in [0.5, 0.6) is 0 Å². The number of rotatable bonds is 7. The molecule has 0 aliphatic heterocycles. The van der Waals surface area contributed by atoms with Crippen molar-refractivity contribution in [3.63, 3.8) is 0 Å². The van der Waals surface area contributed by atoms with Gasteiger partial charge in [-0.25, -0.2) is 0 Å². The highest BCUT2D eigenvalue weighted by Crippen LogP contribution is 2.25. The summed E-state index contributed by atoms with van der Waals surface area (Å²) in [5.41, 5.74) is -1.90. The lowest BCUT2D eigenvalue weighted by molar-refractivity contribution is -0.195. The minimum absolute atomic E-state index is 0.0705. The number of hydrogen-bond donors (Lipinski definition) is 6. The van der Waals surface area contributed by atoms with Crippen LogP contribution in [0.4, 0.5) is 0 Å². The molecule has 0 aromatic heterocycles. The lowest BCUT2D eigenvalue weighted by atomic mass is 9.82. The molecular formula is C10H22O6. The van der Waals surface area contributed by atoms with Crippen LogP contribution in [0, 0.1) is 0 Å². The Morgan fingerprint density at radius 1 is 1.12 bits per heavy atom. The minimum atomic E-state index is -1.90. The molecule has 98 valence electrons. The van der Waals surface area contributed by atoms with Gasteiger partial charge < -0.3 is 30.6 Å². The minimum Gasteiger partial charge on any atom is -0.394 e. The second-order valence-electron chi connectivity index (χ2n) is 4.10. The zero-order valence-corrected chi connectivity index (χ0v) is 9.61. The molecule has 0 radical (unpaired) electrons. The molecule has 0 amide bonds. The maximum atomic E-state index is 10.0. The Morgan fingerprint density at radius 3 is 1.94 bits per heavy atom. The van der Waals surface area contributed by atoms with Crippen LogP contribution in [-0.2, 0) is 0 Å². The first kappa shape index (κ1) is 15.8. The molecule has 0 aliphatic rings. The van der Waals surface area contributed by atoms with E-state index >= 15 is 0 Å². The maximum Gasteiger partial charge on any atom is 0.119 e. The van der Waals surface area contributed by atoms with Gasteiger partial charge in [0.05, 0.1) is 12.7 Å². The summed E-state index contributed by atoms with van der Waals surface area (Å²) < 4.78 is 0.